The van der Waals surface area contributed by atoms with Gasteiger partial charge in [-0.15, -0.1) is 0 Å². The van der Waals surface area contributed by atoms with Gasteiger partial charge in [0.2, 0.25) is 0 Å². The lowest BCUT2D eigenvalue weighted by Gasteiger charge is -2.25. The first-order chi connectivity index (χ1) is 7.70. The minimum Gasteiger partial charge on any atom is -0.394 e. The predicted molar refractivity (Wildman–Crippen MR) is 67.1 cm³/mol. The molecule has 0 bridgehead atoms. The molecule has 0 fully saturated rings. The second-order valence-corrected chi connectivity index (χ2v) is 4.09. The van der Waals surface area contributed by atoms with Crippen LogP contribution in [-0.2, 0) is 0 Å². The molecule has 0 aliphatic heterocycles. The van der Waals surface area contributed by atoms with Crippen molar-refractivity contribution in [3.05, 3.63) is 35.9 Å². The Morgan fingerprint density at radius 3 is 2.56 bits per heavy atom. The van der Waals surface area contributed by atoms with Crippen LogP contribution in [0.1, 0.15) is 25.8 Å². The second kappa shape index (κ2) is 6.32. The van der Waals surface area contributed by atoms with Crippen LogP contribution in [0.3, 0.4) is 0 Å². The van der Waals surface area contributed by atoms with E-state index >= 15 is 0 Å². The highest BCUT2D eigenvalue weighted by Gasteiger charge is 2.18. The molecule has 0 radical (unpaired) electrons. The van der Waals surface area contributed by atoms with Gasteiger partial charge in [0.25, 0.3) is 0 Å². The van der Waals surface area contributed by atoms with Crippen molar-refractivity contribution in [3.63, 3.8) is 0 Å². The molecule has 1 atom stereocenters. The molecule has 0 aliphatic carbocycles. The number of aliphatic hydroxyl groups is 1. The lowest BCUT2D eigenvalue weighted by atomic mass is 10.0. The number of hydrogen-bond donors (Lipinski definition) is 2. The average molecular weight is 217 g/mol. The van der Waals surface area contributed by atoms with Crippen molar-refractivity contribution in [2.45, 2.75) is 25.8 Å². The van der Waals surface area contributed by atoms with E-state index in [1.165, 1.54) is 0 Å². The van der Waals surface area contributed by atoms with Crippen molar-refractivity contribution < 1.29 is 5.11 Å². The lowest BCUT2D eigenvalue weighted by Crippen LogP contribution is -2.45. The molecule has 1 aromatic carbocycles. The Bertz CT molecular complexity index is 357. The van der Waals surface area contributed by atoms with Gasteiger partial charge in [-0.05, 0) is 25.5 Å². The molecule has 0 heterocycles. The third kappa shape index (κ3) is 4.06. The number of rotatable bonds is 4. The summed E-state index contributed by atoms with van der Waals surface area (Å²) in [6.45, 7) is 4.78. The monoisotopic (exact) mass is 217 g/mol. The molecule has 0 saturated heterocycles. The fraction of sp³-hybridized carbons (Fsp3) is 0.429. The summed E-state index contributed by atoms with van der Waals surface area (Å²) in [7, 11) is 0. The number of hydrogen-bond acceptors (Lipinski definition) is 2. The first-order valence-electron chi connectivity index (χ1n) is 5.60. The summed E-state index contributed by atoms with van der Waals surface area (Å²) in [5, 5.41) is 12.4. The summed E-state index contributed by atoms with van der Waals surface area (Å²) in [5.41, 5.74) is 0.803. The third-order valence-electron chi connectivity index (χ3n) is 2.74. The molecular formula is C14H19NO. The Labute approximate surface area is 97.7 Å². The highest BCUT2D eigenvalue weighted by molar-refractivity contribution is 5.33. The molecule has 0 aromatic heterocycles. The van der Waals surface area contributed by atoms with Crippen LogP contribution in [0.5, 0.6) is 0 Å². The van der Waals surface area contributed by atoms with Crippen LogP contribution in [0, 0.1) is 11.8 Å². The lowest BCUT2D eigenvalue weighted by molar-refractivity contribution is 0.175. The van der Waals surface area contributed by atoms with Crippen molar-refractivity contribution in [2.75, 3.05) is 13.2 Å². The van der Waals surface area contributed by atoms with E-state index in [2.05, 4.69) is 17.2 Å². The molecule has 0 amide bonds. The number of nitrogens with one attached hydrogen (secondary N) is 1. The minimum absolute atomic E-state index is 0.135. The van der Waals surface area contributed by atoms with Crippen LogP contribution < -0.4 is 5.32 Å². The van der Waals surface area contributed by atoms with Crippen molar-refractivity contribution in [2.24, 2.45) is 0 Å². The summed E-state index contributed by atoms with van der Waals surface area (Å²) >= 11 is 0. The normalized spacial score (nSPS) is 13.7. The number of benzene rings is 1. The molecule has 0 saturated carbocycles. The van der Waals surface area contributed by atoms with Gasteiger partial charge in [-0.2, -0.15) is 0 Å². The van der Waals surface area contributed by atoms with Crippen molar-refractivity contribution >= 4 is 0 Å². The molecule has 0 aliphatic rings. The van der Waals surface area contributed by atoms with Gasteiger partial charge in [-0.25, -0.2) is 0 Å². The molecule has 16 heavy (non-hydrogen) atoms. The van der Waals surface area contributed by atoms with Gasteiger partial charge in [-0.3, -0.25) is 5.32 Å². The van der Waals surface area contributed by atoms with E-state index in [4.69, 9.17) is 0 Å². The van der Waals surface area contributed by atoms with Gasteiger partial charge in [0.1, 0.15) is 0 Å². The van der Waals surface area contributed by atoms with Gasteiger partial charge in [0, 0.05) is 11.1 Å². The molecule has 0 spiro atoms. The van der Waals surface area contributed by atoms with E-state index in [1.807, 2.05) is 44.2 Å². The largest absolute Gasteiger partial charge is 0.394 e. The molecule has 2 nitrogen and oxygen atoms in total. The van der Waals surface area contributed by atoms with Crippen LogP contribution in [0.2, 0.25) is 0 Å². The van der Waals surface area contributed by atoms with Crippen molar-refractivity contribution in [1.29, 1.82) is 0 Å². The maximum atomic E-state index is 9.19. The highest BCUT2D eigenvalue weighted by Crippen LogP contribution is 2.06. The maximum Gasteiger partial charge on any atom is 0.0610 e. The summed E-state index contributed by atoms with van der Waals surface area (Å²) in [4.78, 5) is 0. The van der Waals surface area contributed by atoms with Crippen LogP contribution in [-0.4, -0.2) is 23.8 Å². The fourth-order valence-corrected chi connectivity index (χ4v) is 1.22. The molecule has 1 rings (SSSR count). The SMILES string of the molecule is CCC(C)(CO)NCC#Cc1ccccc1. The van der Waals surface area contributed by atoms with Crippen LogP contribution in [0.25, 0.3) is 0 Å². The van der Waals surface area contributed by atoms with Crippen molar-refractivity contribution in [1.82, 2.24) is 5.32 Å². The standard InChI is InChI=1S/C14H19NO/c1-3-14(2,12-16)15-11-7-10-13-8-5-4-6-9-13/h4-6,8-9,15-16H,3,11-12H2,1-2H3. The van der Waals surface area contributed by atoms with E-state index in [9.17, 15) is 5.11 Å². The highest BCUT2D eigenvalue weighted by atomic mass is 16.3. The zero-order valence-corrected chi connectivity index (χ0v) is 9.96. The van der Waals surface area contributed by atoms with Gasteiger partial charge < -0.3 is 5.11 Å². The summed E-state index contributed by atoms with van der Waals surface area (Å²) in [6.07, 6.45) is 0.885. The van der Waals surface area contributed by atoms with Gasteiger partial charge in [-0.1, -0.05) is 37.0 Å². The molecule has 1 aromatic rings. The minimum atomic E-state index is -0.217. The van der Waals surface area contributed by atoms with Gasteiger partial charge in [0.05, 0.1) is 13.2 Å². The zero-order chi connectivity index (χ0) is 11.9. The quantitative estimate of drug-likeness (QED) is 0.754. The Hall–Kier alpha value is -1.30. The predicted octanol–water partition coefficient (Wildman–Crippen LogP) is 1.79. The fourth-order valence-electron chi connectivity index (χ4n) is 1.22. The van der Waals surface area contributed by atoms with Crippen LogP contribution in [0.4, 0.5) is 0 Å². The van der Waals surface area contributed by atoms with E-state index < -0.39 is 0 Å². The van der Waals surface area contributed by atoms with Crippen molar-refractivity contribution in [3.8, 4) is 11.8 Å². The molecule has 86 valence electrons. The maximum absolute atomic E-state index is 9.19. The van der Waals surface area contributed by atoms with Gasteiger partial charge in [0.15, 0.2) is 0 Å². The van der Waals surface area contributed by atoms with E-state index in [-0.39, 0.29) is 12.1 Å². The smallest absolute Gasteiger partial charge is 0.0610 e. The van der Waals surface area contributed by atoms with Crippen LogP contribution in [0.15, 0.2) is 30.3 Å². The molecule has 1 unspecified atom stereocenters. The van der Waals surface area contributed by atoms with E-state index in [0.29, 0.717) is 6.54 Å². The third-order valence-corrected chi connectivity index (χ3v) is 2.74. The Balaban J connectivity index is 2.44. The summed E-state index contributed by atoms with van der Waals surface area (Å²) in [5.74, 6) is 6.13. The second-order valence-electron chi connectivity index (χ2n) is 4.09. The van der Waals surface area contributed by atoms with Crippen LogP contribution >= 0.6 is 0 Å². The molecular weight excluding hydrogens is 198 g/mol. The van der Waals surface area contributed by atoms with Gasteiger partial charge >= 0.3 is 0 Å². The molecule has 2 heteroatoms. The summed E-state index contributed by atoms with van der Waals surface area (Å²) in [6, 6.07) is 9.89. The topological polar surface area (TPSA) is 32.3 Å². The number of aliphatic hydroxyl groups excluding tert-OH is 1. The average Bonchev–Trinajstić information content (AvgIpc) is 2.36. The van der Waals surface area contributed by atoms with E-state index in [0.717, 1.165) is 12.0 Å². The first-order valence-corrected chi connectivity index (χ1v) is 5.60. The first kappa shape index (κ1) is 12.8. The Kier molecular flexibility index (Phi) is 5.04. The Morgan fingerprint density at radius 1 is 1.31 bits per heavy atom. The summed E-state index contributed by atoms with van der Waals surface area (Å²) < 4.78 is 0. The van der Waals surface area contributed by atoms with E-state index in [1.54, 1.807) is 0 Å². The zero-order valence-electron chi connectivity index (χ0n) is 9.96. The Morgan fingerprint density at radius 2 is 2.00 bits per heavy atom. The molecule has 2 N–H and O–H groups in total.